The predicted molar refractivity (Wildman–Crippen MR) is 68.9 cm³/mol. The molecule has 0 radical (unpaired) electrons. The Hall–Kier alpha value is -1.55. The van der Waals surface area contributed by atoms with Crippen molar-refractivity contribution in [3.05, 3.63) is 28.8 Å². The largest absolute Gasteiger partial charge is 0.363 e. The summed E-state index contributed by atoms with van der Waals surface area (Å²) in [7, 11) is 3.51. The summed E-state index contributed by atoms with van der Waals surface area (Å²) < 4.78 is 0. The summed E-state index contributed by atoms with van der Waals surface area (Å²) in [6, 6.07) is 5.66. The van der Waals surface area contributed by atoms with E-state index in [9.17, 15) is 0 Å². The molecular weight excluding hydrogens is 224 g/mol. The third-order valence-corrected chi connectivity index (χ3v) is 2.67. The van der Waals surface area contributed by atoms with Crippen molar-refractivity contribution in [3.8, 4) is 0 Å². The number of nitrogens with one attached hydrogen (secondary N) is 2. The van der Waals surface area contributed by atoms with Crippen molar-refractivity contribution in [2.24, 2.45) is 9.98 Å². The Labute approximate surface area is 99.4 Å². The lowest BCUT2D eigenvalue weighted by Gasteiger charge is -2.08. The molecule has 0 fully saturated rings. The van der Waals surface area contributed by atoms with E-state index in [0.29, 0.717) is 11.6 Å². The van der Waals surface area contributed by atoms with Gasteiger partial charge in [-0.15, -0.1) is 0 Å². The molecule has 2 N–H and O–H groups in total. The Balaban J connectivity index is 2.53. The lowest BCUT2D eigenvalue weighted by atomic mass is 10.1. The van der Waals surface area contributed by atoms with Gasteiger partial charge in [0, 0.05) is 24.7 Å². The third-order valence-electron chi connectivity index (χ3n) is 2.43. The summed E-state index contributed by atoms with van der Waals surface area (Å²) in [5.41, 5.74) is 1.93. The normalized spacial score (nSPS) is 19.9. The smallest absolute Gasteiger partial charge is 0.130 e. The average Bonchev–Trinajstić information content (AvgIpc) is 2.47. The van der Waals surface area contributed by atoms with Crippen LogP contribution in [0.25, 0.3) is 0 Å². The maximum Gasteiger partial charge on any atom is 0.130 e. The fraction of sp³-hybridized carbons (Fsp3) is 0.273. The first-order valence-corrected chi connectivity index (χ1v) is 5.35. The molecule has 0 saturated carbocycles. The van der Waals surface area contributed by atoms with Crippen LogP contribution in [0.5, 0.6) is 0 Å². The quantitative estimate of drug-likeness (QED) is 0.721. The Kier molecular flexibility index (Phi) is 3.10. The number of nitrogens with zero attached hydrogens (tertiary/aromatic N) is 2. The summed E-state index contributed by atoms with van der Waals surface area (Å²) in [6.07, 6.45) is 0. The molecule has 1 aromatic carbocycles. The molecule has 1 aromatic rings. The first-order valence-electron chi connectivity index (χ1n) is 4.98. The Morgan fingerprint density at radius 2 is 2.06 bits per heavy atom. The van der Waals surface area contributed by atoms with E-state index < -0.39 is 0 Å². The van der Waals surface area contributed by atoms with Gasteiger partial charge in [0.25, 0.3) is 0 Å². The van der Waals surface area contributed by atoms with Crippen molar-refractivity contribution in [2.45, 2.75) is 0 Å². The number of fused-ring (bicyclic) bond motifs is 1. The Morgan fingerprint density at radius 3 is 2.75 bits per heavy atom. The molecule has 0 unspecified atom stereocenters. The fourth-order valence-electron chi connectivity index (χ4n) is 1.62. The standard InChI is InChI=1S/C11H13ClN4/c1-13-10-6-15-11(14-2)8-5-7(12)3-4-9(8)16-10/h3-5H,6H2,1-2H3,(H,13,16)(H,14,15). The lowest BCUT2D eigenvalue weighted by Crippen LogP contribution is -2.29. The van der Waals surface area contributed by atoms with Crippen molar-refractivity contribution < 1.29 is 0 Å². The molecule has 16 heavy (non-hydrogen) atoms. The van der Waals surface area contributed by atoms with Crippen LogP contribution in [-0.2, 0) is 0 Å². The van der Waals surface area contributed by atoms with Crippen molar-refractivity contribution in [1.82, 2.24) is 5.32 Å². The number of hydrogen-bond acceptors (Lipinski definition) is 2. The van der Waals surface area contributed by atoms with Crippen LogP contribution >= 0.6 is 11.6 Å². The minimum absolute atomic E-state index is 0.634. The van der Waals surface area contributed by atoms with Gasteiger partial charge in [-0.25, -0.2) is 0 Å². The van der Waals surface area contributed by atoms with Crippen molar-refractivity contribution in [3.63, 3.8) is 0 Å². The SMILES string of the molecule is CN=C1CNC(=NC)c2cc(Cl)ccc2N1. The summed E-state index contributed by atoms with van der Waals surface area (Å²) >= 11 is 5.98. The van der Waals surface area contributed by atoms with E-state index in [1.54, 1.807) is 14.1 Å². The van der Waals surface area contributed by atoms with Crippen LogP contribution in [0.3, 0.4) is 0 Å². The van der Waals surface area contributed by atoms with Crippen LogP contribution in [0.2, 0.25) is 5.02 Å². The van der Waals surface area contributed by atoms with Gasteiger partial charge in [-0.1, -0.05) is 11.6 Å². The molecule has 5 heteroatoms. The molecule has 2 rings (SSSR count). The second kappa shape index (κ2) is 4.53. The maximum atomic E-state index is 5.98. The van der Waals surface area contributed by atoms with Gasteiger partial charge in [-0.3, -0.25) is 9.98 Å². The summed E-state index contributed by atoms with van der Waals surface area (Å²) in [5, 5.41) is 7.16. The zero-order chi connectivity index (χ0) is 11.5. The number of aliphatic imine (C=N–C) groups is 2. The molecule has 1 aliphatic rings. The minimum atomic E-state index is 0.634. The highest BCUT2D eigenvalue weighted by Crippen LogP contribution is 2.22. The molecule has 1 aliphatic heterocycles. The second-order valence-electron chi connectivity index (χ2n) is 3.41. The lowest BCUT2D eigenvalue weighted by molar-refractivity contribution is 1.07. The Bertz CT molecular complexity index is 465. The zero-order valence-corrected chi connectivity index (χ0v) is 9.97. The van der Waals surface area contributed by atoms with Crippen molar-refractivity contribution in [1.29, 1.82) is 0 Å². The van der Waals surface area contributed by atoms with Gasteiger partial charge in [-0.05, 0) is 18.2 Å². The maximum absolute atomic E-state index is 5.98. The first-order chi connectivity index (χ1) is 7.74. The molecule has 0 aliphatic carbocycles. The van der Waals surface area contributed by atoms with E-state index in [2.05, 4.69) is 20.6 Å². The zero-order valence-electron chi connectivity index (χ0n) is 9.21. The highest BCUT2D eigenvalue weighted by atomic mass is 35.5. The van der Waals surface area contributed by atoms with Crippen LogP contribution in [-0.4, -0.2) is 32.3 Å². The molecule has 1 heterocycles. The monoisotopic (exact) mass is 236 g/mol. The third kappa shape index (κ3) is 2.02. The van der Waals surface area contributed by atoms with Crippen LogP contribution in [0.15, 0.2) is 28.2 Å². The van der Waals surface area contributed by atoms with Crippen LogP contribution in [0, 0.1) is 0 Å². The topological polar surface area (TPSA) is 48.8 Å². The average molecular weight is 237 g/mol. The molecule has 0 bridgehead atoms. The molecule has 0 spiro atoms. The molecule has 0 atom stereocenters. The van der Waals surface area contributed by atoms with Gasteiger partial charge in [0.15, 0.2) is 0 Å². The molecular formula is C11H13ClN4. The highest BCUT2D eigenvalue weighted by molar-refractivity contribution is 6.31. The van der Waals surface area contributed by atoms with E-state index in [0.717, 1.165) is 22.9 Å². The molecule has 0 amide bonds. The van der Waals surface area contributed by atoms with Crippen LogP contribution < -0.4 is 10.6 Å². The fourth-order valence-corrected chi connectivity index (χ4v) is 1.79. The van der Waals surface area contributed by atoms with E-state index in [-0.39, 0.29) is 0 Å². The number of rotatable bonds is 0. The van der Waals surface area contributed by atoms with Crippen LogP contribution in [0.1, 0.15) is 5.56 Å². The van der Waals surface area contributed by atoms with Gasteiger partial charge in [0.1, 0.15) is 11.7 Å². The van der Waals surface area contributed by atoms with E-state index in [1.165, 1.54) is 0 Å². The molecule has 84 valence electrons. The molecule has 4 nitrogen and oxygen atoms in total. The van der Waals surface area contributed by atoms with Gasteiger partial charge in [0.2, 0.25) is 0 Å². The van der Waals surface area contributed by atoms with Crippen LogP contribution in [0.4, 0.5) is 5.69 Å². The van der Waals surface area contributed by atoms with E-state index >= 15 is 0 Å². The highest BCUT2D eigenvalue weighted by Gasteiger charge is 2.15. The van der Waals surface area contributed by atoms with Crippen molar-refractivity contribution >= 4 is 29.0 Å². The number of hydrogen-bond donors (Lipinski definition) is 2. The number of anilines is 1. The summed E-state index contributed by atoms with van der Waals surface area (Å²) in [5.74, 6) is 1.70. The second-order valence-corrected chi connectivity index (χ2v) is 3.85. The van der Waals surface area contributed by atoms with Crippen molar-refractivity contribution in [2.75, 3.05) is 26.0 Å². The van der Waals surface area contributed by atoms with Gasteiger partial charge >= 0.3 is 0 Å². The minimum Gasteiger partial charge on any atom is -0.363 e. The van der Waals surface area contributed by atoms with Gasteiger partial charge in [-0.2, -0.15) is 0 Å². The molecule has 0 aromatic heterocycles. The van der Waals surface area contributed by atoms with E-state index in [1.807, 2.05) is 18.2 Å². The molecule has 0 saturated heterocycles. The van der Waals surface area contributed by atoms with Gasteiger partial charge in [0.05, 0.1) is 12.2 Å². The van der Waals surface area contributed by atoms with E-state index in [4.69, 9.17) is 11.6 Å². The Morgan fingerprint density at radius 1 is 1.25 bits per heavy atom. The number of halogens is 1. The number of amidine groups is 2. The van der Waals surface area contributed by atoms with Gasteiger partial charge < -0.3 is 10.6 Å². The number of benzene rings is 1. The first kappa shape index (κ1) is 11.0. The summed E-state index contributed by atoms with van der Waals surface area (Å²) in [4.78, 5) is 8.36. The predicted octanol–water partition coefficient (Wildman–Crippen LogP) is 1.76. The summed E-state index contributed by atoms with van der Waals surface area (Å²) in [6.45, 7) is 0.634.